The van der Waals surface area contributed by atoms with Crippen LogP contribution < -0.4 is 5.73 Å². The minimum absolute atomic E-state index is 0.725. The van der Waals surface area contributed by atoms with Gasteiger partial charge in [-0.1, -0.05) is 12.2 Å². The van der Waals surface area contributed by atoms with Crippen LogP contribution in [0.3, 0.4) is 0 Å². The highest BCUT2D eigenvalue weighted by atomic mass is 32.2. The molecule has 0 aromatic rings. The fraction of sp³-hybridized carbons (Fsp3) is 0.231. The number of hydrogen-bond donors (Lipinski definition) is 1. The van der Waals surface area contributed by atoms with E-state index in [9.17, 15) is 0 Å². The molecule has 4 heteroatoms. The van der Waals surface area contributed by atoms with Gasteiger partial charge in [-0.2, -0.15) is 0 Å². The van der Waals surface area contributed by atoms with Gasteiger partial charge in [0, 0.05) is 24.0 Å². The summed E-state index contributed by atoms with van der Waals surface area (Å²) in [5, 5.41) is 1.88. The molecule has 0 fully saturated rings. The molecule has 0 aliphatic carbocycles. The van der Waals surface area contributed by atoms with Crippen LogP contribution in [0.25, 0.3) is 0 Å². The number of rotatable bonds is 5. The van der Waals surface area contributed by atoms with Crippen molar-refractivity contribution in [1.82, 2.24) is 0 Å². The Morgan fingerprint density at radius 3 is 3.06 bits per heavy atom. The Morgan fingerprint density at radius 1 is 1.65 bits per heavy atom. The quantitative estimate of drug-likeness (QED) is 0.600. The minimum atomic E-state index is 0.725. The summed E-state index contributed by atoms with van der Waals surface area (Å²) in [6.45, 7) is 4.42. The van der Waals surface area contributed by atoms with Gasteiger partial charge in [0.25, 0.3) is 0 Å². The van der Waals surface area contributed by atoms with E-state index in [-0.39, 0.29) is 0 Å². The summed E-state index contributed by atoms with van der Waals surface area (Å²) in [6.07, 6.45) is 12.5. The van der Waals surface area contributed by atoms with Gasteiger partial charge in [0.15, 0.2) is 0 Å². The smallest absolute Gasteiger partial charge is 0.0706 e. The monoisotopic (exact) mass is 247 g/mol. The highest BCUT2D eigenvalue weighted by Gasteiger charge is 2.01. The van der Waals surface area contributed by atoms with Gasteiger partial charge in [-0.05, 0) is 37.0 Å². The normalized spacial score (nSPS) is 17.4. The number of dihydropyridines is 1. The van der Waals surface area contributed by atoms with E-state index in [1.54, 1.807) is 11.8 Å². The first-order chi connectivity index (χ1) is 8.27. The fourth-order valence-corrected chi connectivity index (χ4v) is 1.70. The Morgan fingerprint density at radius 2 is 2.47 bits per heavy atom. The summed E-state index contributed by atoms with van der Waals surface area (Å²) >= 11 is 1.58. The molecule has 17 heavy (non-hydrogen) atoms. The standard InChI is InChI=1S/C13H17N3S/c1-15-13(11-5-4-8-16-9-11)7-3-6-12(14)10-17-2/h3,5-7,9-10H,1,4,8,14H2,2H3/b6-3+,12-10+,13-7-. The molecule has 90 valence electrons. The number of allylic oxidation sites excluding steroid dienone is 4. The van der Waals surface area contributed by atoms with Crippen LogP contribution in [0.2, 0.25) is 0 Å². The van der Waals surface area contributed by atoms with Crippen LogP contribution in [0, 0.1) is 0 Å². The summed E-state index contributed by atoms with van der Waals surface area (Å²) in [5.74, 6) is 0. The van der Waals surface area contributed by atoms with Crippen LogP contribution in [0.1, 0.15) is 6.42 Å². The molecule has 1 aliphatic rings. The molecule has 0 radical (unpaired) electrons. The molecular formula is C13H17N3S. The zero-order valence-electron chi connectivity index (χ0n) is 9.97. The van der Waals surface area contributed by atoms with E-state index in [2.05, 4.69) is 22.8 Å². The van der Waals surface area contributed by atoms with Crippen LogP contribution in [0.5, 0.6) is 0 Å². The molecule has 0 saturated heterocycles. The first-order valence-corrected chi connectivity index (χ1v) is 6.60. The molecule has 3 nitrogen and oxygen atoms in total. The Balaban J connectivity index is 2.74. The molecule has 0 amide bonds. The van der Waals surface area contributed by atoms with Gasteiger partial charge in [-0.15, -0.1) is 11.8 Å². The summed E-state index contributed by atoms with van der Waals surface area (Å²) < 4.78 is 0. The average Bonchev–Trinajstić information content (AvgIpc) is 2.36. The Hall–Kier alpha value is -1.55. The summed E-state index contributed by atoms with van der Waals surface area (Å²) in [5.41, 5.74) is 8.29. The minimum Gasteiger partial charge on any atom is -0.398 e. The second-order valence-corrected chi connectivity index (χ2v) is 4.11. The van der Waals surface area contributed by atoms with Crippen molar-refractivity contribution in [2.75, 3.05) is 12.8 Å². The van der Waals surface area contributed by atoms with Crippen LogP contribution in [-0.2, 0) is 0 Å². The third-order valence-corrected chi connectivity index (χ3v) is 2.62. The van der Waals surface area contributed by atoms with Gasteiger partial charge in [0.1, 0.15) is 0 Å². The van der Waals surface area contributed by atoms with Gasteiger partial charge >= 0.3 is 0 Å². The van der Waals surface area contributed by atoms with Gasteiger partial charge in [-0.25, -0.2) is 0 Å². The highest BCUT2D eigenvalue weighted by Crippen LogP contribution is 2.13. The second-order valence-electron chi connectivity index (χ2n) is 3.41. The second kappa shape index (κ2) is 7.68. The van der Waals surface area contributed by atoms with Gasteiger partial charge in [-0.3, -0.25) is 9.98 Å². The lowest BCUT2D eigenvalue weighted by atomic mass is 10.1. The molecule has 1 rings (SSSR count). The third kappa shape index (κ3) is 4.87. The number of nitrogens with two attached hydrogens (primary N) is 1. The van der Waals surface area contributed by atoms with Crippen LogP contribution >= 0.6 is 11.8 Å². The lowest BCUT2D eigenvalue weighted by molar-refractivity contribution is 0.989. The van der Waals surface area contributed by atoms with Crippen LogP contribution in [0.15, 0.2) is 56.7 Å². The zero-order valence-corrected chi connectivity index (χ0v) is 10.8. The van der Waals surface area contributed by atoms with Gasteiger partial charge in [0.05, 0.1) is 5.70 Å². The zero-order chi connectivity index (χ0) is 12.5. The van der Waals surface area contributed by atoms with E-state index in [0.717, 1.165) is 29.9 Å². The van der Waals surface area contributed by atoms with Crippen molar-refractivity contribution in [1.29, 1.82) is 0 Å². The Kier molecular flexibility index (Phi) is 6.10. The van der Waals surface area contributed by atoms with E-state index < -0.39 is 0 Å². The predicted molar refractivity (Wildman–Crippen MR) is 78.6 cm³/mol. The maximum atomic E-state index is 5.73. The molecule has 0 saturated carbocycles. The van der Waals surface area contributed by atoms with Crippen molar-refractivity contribution in [2.45, 2.75) is 6.42 Å². The van der Waals surface area contributed by atoms with Crippen molar-refractivity contribution in [3.8, 4) is 0 Å². The Labute approximate surface area is 107 Å². The third-order valence-electron chi connectivity index (χ3n) is 2.12. The van der Waals surface area contributed by atoms with Crippen molar-refractivity contribution in [2.24, 2.45) is 15.7 Å². The van der Waals surface area contributed by atoms with Crippen molar-refractivity contribution in [3.05, 3.63) is 46.7 Å². The summed E-state index contributed by atoms with van der Waals surface area (Å²) in [7, 11) is 0. The lowest BCUT2D eigenvalue weighted by Gasteiger charge is -2.05. The number of thioether (sulfide) groups is 1. The molecule has 0 bridgehead atoms. The first-order valence-electron chi connectivity index (χ1n) is 5.32. The van der Waals surface area contributed by atoms with E-state index in [1.165, 1.54) is 0 Å². The molecular weight excluding hydrogens is 230 g/mol. The fourth-order valence-electron chi connectivity index (χ4n) is 1.35. The van der Waals surface area contributed by atoms with Crippen LogP contribution in [0.4, 0.5) is 0 Å². The number of aliphatic imine (C=N–C) groups is 2. The highest BCUT2D eigenvalue weighted by molar-refractivity contribution is 8.01. The van der Waals surface area contributed by atoms with Gasteiger partial charge < -0.3 is 5.73 Å². The van der Waals surface area contributed by atoms with Crippen molar-refractivity contribution in [3.63, 3.8) is 0 Å². The first kappa shape index (κ1) is 13.5. The van der Waals surface area contributed by atoms with E-state index in [1.807, 2.05) is 36.1 Å². The average molecular weight is 247 g/mol. The molecule has 0 atom stereocenters. The SMILES string of the molecule is C=N\C(=C/C=C/C(N)=C\SC)C1=CCCN=C1. The van der Waals surface area contributed by atoms with Crippen molar-refractivity contribution < 1.29 is 0 Å². The molecule has 0 spiro atoms. The van der Waals surface area contributed by atoms with E-state index >= 15 is 0 Å². The lowest BCUT2D eigenvalue weighted by Crippen LogP contribution is -1.96. The molecule has 0 aromatic carbocycles. The van der Waals surface area contributed by atoms with Crippen LogP contribution in [-0.4, -0.2) is 25.7 Å². The molecule has 0 unspecified atom stereocenters. The molecule has 0 aromatic heterocycles. The molecule has 2 N–H and O–H groups in total. The maximum absolute atomic E-state index is 5.73. The summed E-state index contributed by atoms with van der Waals surface area (Å²) in [4.78, 5) is 8.20. The molecule has 1 aliphatic heterocycles. The van der Waals surface area contributed by atoms with E-state index in [4.69, 9.17) is 5.73 Å². The Bertz CT molecular complexity index is 414. The topological polar surface area (TPSA) is 50.7 Å². The maximum Gasteiger partial charge on any atom is 0.0706 e. The summed E-state index contributed by atoms with van der Waals surface area (Å²) in [6, 6.07) is 0. The van der Waals surface area contributed by atoms with E-state index in [0.29, 0.717) is 0 Å². The van der Waals surface area contributed by atoms with Crippen molar-refractivity contribution >= 4 is 24.7 Å². The van der Waals surface area contributed by atoms with Gasteiger partial charge in [0.2, 0.25) is 0 Å². The number of nitrogens with zero attached hydrogens (tertiary/aromatic N) is 2. The molecule has 1 heterocycles. The number of hydrogen-bond acceptors (Lipinski definition) is 4. The predicted octanol–water partition coefficient (Wildman–Crippen LogP) is 2.69. The largest absolute Gasteiger partial charge is 0.398 e.